The summed E-state index contributed by atoms with van der Waals surface area (Å²) in [5.74, 6) is -0.785. The number of imidazole rings is 1. The highest BCUT2D eigenvalue weighted by atomic mass is 32.2. The maximum absolute atomic E-state index is 14.0. The van der Waals surface area contributed by atoms with Gasteiger partial charge in [-0.3, -0.25) is 0 Å². The molecule has 0 saturated carbocycles. The second kappa shape index (κ2) is 7.58. The number of nitrogens with two attached hydrogens (primary N) is 1. The van der Waals surface area contributed by atoms with Crippen LogP contribution >= 0.6 is 0 Å². The third-order valence-electron chi connectivity index (χ3n) is 6.45. The number of nitrogen functional groups attached to an aromatic ring is 1. The van der Waals surface area contributed by atoms with Gasteiger partial charge in [0.15, 0.2) is 23.4 Å². The van der Waals surface area contributed by atoms with Gasteiger partial charge in [0.05, 0.1) is 12.9 Å². The summed E-state index contributed by atoms with van der Waals surface area (Å²) in [5.41, 5.74) is 0.192. The number of ether oxygens (including phenoxy) is 1. The minimum atomic E-state index is -6.31. The average molecular weight is 540 g/mol. The van der Waals surface area contributed by atoms with Crippen molar-refractivity contribution in [1.29, 1.82) is 0 Å². The van der Waals surface area contributed by atoms with Gasteiger partial charge in [-0.15, -0.1) is 0 Å². The molecule has 2 aromatic heterocycles. The van der Waals surface area contributed by atoms with E-state index in [1.165, 1.54) is 6.33 Å². The summed E-state index contributed by atoms with van der Waals surface area (Å²) in [6, 6.07) is 0. The topological polar surface area (TPSA) is 163 Å². The van der Waals surface area contributed by atoms with Crippen molar-refractivity contribution in [3.8, 4) is 0 Å². The van der Waals surface area contributed by atoms with Crippen LogP contribution < -0.4 is 5.73 Å². The highest BCUT2D eigenvalue weighted by molar-refractivity contribution is 7.93. The number of nitrogens with one attached hydrogen (secondary N) is 1. The Morgan fingerprint density at radius 2 is 1.77 bits per heavy atom. The van der Waals surface area contributed by atoms with Gasteiger partial charge < -0.3 is 29.4 Å². The Morgan fingerprint density at radius 1 is 1.17 bits per heavy atom. The van der Waals surface area contributed by atoms with Crippen LogP contribution in [0.15, 0.2) is 6.33 Å². The summed E-state index contributed by atoms with van der Waals surface area (Å²) in [6.45, 7) is 10.5. The third kappa shape index (κ3) is 3.52. The Labute approximate surface area is 200 Å². The zero-order chi connectivity index (χ0) is 26.4. The lowest BCUT2D eigenvalue weighted by atomic mass is 10.1. The smallest absolute Gasteiger partial charge is 0.391 e. The van der Waals surface area contributed by atoms with E-state index in [-0.39, 0.29) is 23.6 Å². The van der Waals surface area contributed by atoms with Gasteiger partial charge in [0, 0.05) is 10.1 Å². The fourth-order valence-corrected chi connectivity index (χ4v) is 11.5. The largest absolute Gasteiger partial charge is 0.500 e. The van der Waals surface area contributed by atoms with E-state index in [2.05, 4.69) is 19.9 Å². The van der Waals surface area contributed by atoms with Gasteiger partial charge in [-0.2, -0.15) is 13.2 Å². The summed E-state index contributed by atoms with van der Waals surface area (Å²) in [6.07, 6.45) is -4.23. The van der Waals surface area contributed by atoms with Gasteiger partial charge in [0.1, 0.15) is 17.7 Å². The predicted octanol–water partition coefficient (Wildman–Crippen LogP) is 2.46. The number of aromatic nitrogens is 4. The number of alkyl halides is 3. The number of fused-ring (bicyclic) bond motifs is 2. The van der Waals surface area contributed by atoms with Crippen molar-refractivity contribution in [2.24, 2.45) is 0 Å². The Morgan fingerprint density at radius 3 is 2.31 bits per heavy atom. The Bertz CT molecular complexity index is 1240. The van der Waals surface area contributed by atoms with Crippen molar-refractivity contribution in [2.45, 2.75) is 80.4 Å². The molecule has 4 N–H and O–H groups in total. The molecule has 0 spiro atoms. The molecule has 0 bridgehead atoms. The van der Waals surface area contributed by atoms with Crippen LogP contribution in [-0.4, -0.2) is 71.3 Å². The molecule has 2 aliphatic heterocycles. The van der Waals surface area contributed by atoms with Crippen molar-refractivity contribution in [2.75, 3.05) is 12.3 Å². The first-order chi connectivity index (χ1) is 15.8. The maximum atomic E-state index is 14.0. The Hall–Kier alpha value is -1.85. The molecule has 4 atom stereocenters. The van der Waals surface area contributed by atoms with Crippen LogP contribution in [0.2, 0.25) is 10.1 Å². The summed E-state index contributed by atoms with van der Waals surface area (Å²) in [5, 5.41) is 10.2. The van der Waals surface area contributed by atoms with E-state index in [1.807, 2.05) is 0 Å². The van der Waals surface area contributed by atoms with Crippen LogP contribution in [0.3, 0.4) is 0 Å². The highest BCUT2D eigenvalue weighted by Crippen LogP contribution is 2.59. The molecule has 0 aromatic carbocycles. The van der Waals surface area contributed by atoms with E-state index in [9.17, 15) is 26.7 Å². The molecule has 2 saturated heterocycles. The maximum Gasteiger partial charge on any atom is 0.500 e. The van der Waals surface area contributed by atoms with Crippen LogP contribution in [-0.2, 0) is 23.4 Å². The number of hydrogen-bond acceptors (Lipinski definition) is 10. The number of aromatic amines is 1. The van der Waals surface area contributed by atoms with E-state index in [1.54, 1.807) is 41.5 Å². The monoisotopic (exact) mass is 539 g/mol. The summed E-state index contributed by atoms with van der Waals surface area (Å²) >= 11 is 0. The summed E-state index contributed by atoms with van der Waals surface area (Å²) in [7, 11) is -9.84. The molecule has 2 aromatic rings. The number of halogens is 3. The molecule has 0 radical (unpaired) electrons. The van der Waals surface area contributed by atoms with E-state index >= 15 is 0 Å². The second-order valence-corrected chi connectivity index (χ2v) is 17.7. The lowest BCUT2D eigenvalue weighted by Gasteiger charge is -2.54. The molecule has 196 valence electrons. The van der Waals surface area contributed by atoms with Gasteiger partial charge in [-0.05, 0) is 0 Å². The molecule has 11 nitrogen and oxygen atoms in total. The number of anilines is 1. The molecule has 2 fully saturated rings. The van der Waals surface area contributed by atoms with E-state index in [0.29, 0.717) is 0 Å². The number of aliphatic hydroxyl groups is 1. The van der Waals surface area contributed by atoms with Crippen molar-refractivity contribution < 1.29 is 40.3 Å². The highest BCUT2D eigenvalue weighted by Gasteiger charge is 2.76. The molecule has 16 heteroatoms. The molecular weight excluding hydrogens is 511 g/mol. The minimum Gasteiger partial charge on any atom is -0.391 e. The number of H-pyrrole nitrogens is 1. The molecule has 0 aliphatic carbocycles. The molecule has 4 rings (SSSR count). The number of nitrogens with zero attached hydrogens (tertiary/aromatic N) is 3. The lowest BCUT2D eigenvalue weighted by molar-refractivity contribution is -0.0843. The average Bonchev–Trinajstić information content (AvgIpc) is 3.28. The van der Waals surface area contributed by atoms with E-state index < -0.39 is 63.1 Å². The fraction of sp³-hybridized carbons (Fsp3) is 0.737. The van der Waals surface area contributed by atoms with Crippen LogP contribution in [0.25, 0.3) is 11.2 Å². The zero-order valence-electron chi connectivity index (χ0n) is 20.0. The van der Waals surface area contributed by atoms with Crippen LogP contribution in [0, 0.1) is 0 Å². The molecule has 4 heterocycles. The Balaban J connectivity index is 1.94. The van der Waals surface area contributed by atoms with Crippen LogP contribution in [0.5, 0.6) is 0 Å². The van der Waals surface area contributed by atoms with Crippen molar-refractivity contribution in [3.05, 3.63) is 12.2 Å². The predicted molar refractivity (Wildman–Crippen MR) is 120 cm³/mol. The standard InChI is InChI=1S/C19H28F3N5O6SSi/c1-16(2,3)35(17(4,5)6)31-7-9-11(33-35)18(28,34(29,30)19(20,21)22)12(32-9)15-26-13(23)10-14(27-15)25-8-24-10/h8-9,11-12,28H,7H2,1-6H3,(H3,23,24,25,26,27)/t9-,11-,12+,18-/m1/s1. The first-order valence-electron chi connectivity index (χ1n) is 10.7. The SMILES string of the molecule is CC(C)(C)[Si]1(C(C)(C)C)OC[C@H]2O[C@@H](c3nc(N)c4[nH]cnc4n3)[C@](O)(S(=O)(=O)C(F)(F)F)[C@@H]2O1. The number of sulfone groups is 1. The normalized spacial score (nSPS) is 29.9. The first-order valence-corrected chi connectivity index (χ1v) is 14.0. The fourth-order valence-electron chi connectivity index (χ4n) is 5.09. The molecule has 0 amide bonds. The van der Waals surface area contributed by atoms with E-state index in [0.717, 1.165) is 0 Å². The van der Waals surface area contributed by atoms with E-state index in [4.69, 9.17) is 19.3 Å². The molecular formula is C19H28F3N5O6SSi. The minimum absolute atomic E-state index is 0.0389. The molecule has 35 heavy (non-hydrogen) atoms. The van der Waals surface area contributed by atoms with Gasteiger partial charge in [-0.1, -0.05) is 41.5 Å². The number of hydrogen-bond donors (Lipinski definition) is 3. The van der Waals surface area contributed by atoms with Crippen LogP contribution in [0.4, 0.5) is 19.0 Å². The van der Waals surface area contributed by atoms with Gasteiger partial charge in [0.25, 0.3) is 9.84 Å². The summed E-state index contributed by atoms with van der Waals surface area (Å²) < 4.78 is 85.9. The third-order valence-corrected chi connectivity index (χ3v) is 13.5. The van der Waals surface area contributed by atoms with Gasteiger partial charge in [0.2, 0.25) is 4.93 Å². The zero-order valence-corrected chi connectivity index (χ0v) is 21.8. The van der Waals surface area contributed by atoms with Crippen LogP contribution in [0.1, 0.15) is 53.5 Å². The molecule has 0 unspecified atom stereocenters. The van der Waals surface area contributed by atoms with Crippen molar-refractivity contribution in [1.82, 2.24) is 19.9 Å². The summed E-state index contributed by atoms with van der Waals surface area (Å²) in [4.78, 5) is 10.9. The Kier molecular flexibility index (Phi) is 5.68. The van der Waals surface area contributed by atoms with Gasteiger partial charge in [-0.25, -0.2) is 23.4 Å². The number of rotatable bonds is 2. The van der Waals surface area contributed by atoms with Crippen molar-refractivity contribution in [3.63, 3.8) is 0 Å². The van der Waals surface area contributed by atoms with Gasteiger partial charge >= 0.3 is 14.1 Å². The quantitative estimate of drug-likeness (QED) is 0.483. The first kappa shape index (κ1) is 26.2. The lowest BCUT2D eigenvalue weighted by Crippen LogP contribution is -2.69. The molecule has 2 aliphatic rings. The van der Waals surface area contributed by atoms with Crippen molar-refractivity contribution >= 4 is 35.4 Å². The second-order valence-electron chi connectivity index (χ2n) is 10.8.